The second-order valence-electron chi connectivity index (χ2n) is 11.0. The molecule has 4 heteroatoms. The molecule has 2 heterocycles. The number of rotatable bonds is 4. The molecule has 0 aliphatic carbocycles. The number of hydrogen-bond donors (Lipinski definition) is 0. The van der Waals surface area contributed by atoms with E-state index in [4.69, 9.17) is 23.5 Å². The summed E-state index contributed by atoms with van der Waals surface area (Å²) in [7, 11) is 0. The molecule has 0 unspecified atom stereocenters. The molecule has 45 heavy (non-hydrogen) atoms. The third kappa shape index (κ3) is 4.27. The third-order valence-corrected chi connectivity index (χ3v) is 8.32. The van der Waals surface area contributed by atoms with Gasteiger partial charge in [-0.05, 0) is 50.8 Å². The van der Waals surface area contributed by atoms with Crippen molar-refractivity contribution < 1.29 is 8.53 Å². The summed E-state index contributed by atoms with van der Waals surface area (Å²) in [5.74, 6) is 1.26. The zero-order chi connectivity index (χ0) is 32.4. The van der Waals surface area contributed by atoms with Crippen molar-refractivity contribution in [2.45, 2.75) is 0 Å². The average Bonchev–Trinajstić information content (AvgIpc) is 3.50. The summed E-state index contributed by atoms with van der Waals surface area (Å²) in [6.45, 7) is 0. The fourth-order valence-corrected chi connectivity index (χ4v) is 6.19. The molecule has 2 aromatic heterocycles. The number of furan rings is 1. The zero-order valence-corrected chi connectivity index (χ0v) is 24.0. The predicted octanol–water partition coefficient (Wildman–Crippen LogP) is 10.7. The van der Waals surface area contributed by atoms with Gasteiger partial charge in [-0.2, -0.15) is 0 Å². The fraction of sp³-hybridized carbons (Fsp3) is 0. The Kier molecular flexibility index (Phi) is 5.11. The first kappa shape index (κ1) is 22.4. The topological polar surface area (TPSA) is 51.8 Å². The van der Waals surface area contributed by atoms with Gasteiger partial charge in [-0.3, -0.25) is 0 Å². The van der Waals surface area contributed by atoms with Crippen LogP contribution in [0.25, 0.3) is 88.8 Å². The summed E-state index contributed by atoms with van der Waals surface area (Å²) >= 11 is 0. The number of fused-ring (bicyclic) bond motifs is 6. The van der Waals surface area contributed by atoms with Crippen LogP contribution in [0.15, 0.2) is 156 Å². The van der Waals surface area contributed by atoms with Crippen LogP contribution in [0, 0.1) is 0 Å². The van der Waals surface area contributed by atoms with Crippen LogP contribution < -0.4 is 0 Å². The van der Waals surface area contributed by atoms with Gasteiger partial charge in [0.2, 0.25) is 0 Å². The number of aromatic nitrogens is 3. The summed E-state index contributed by atoms with van der Waals surface area (Å²) in [4.78, 5) is 15.2. The van der Waals surface area contributed by atoms with Crippen molar-refractivity contribution in [3.05, 3.63) is 152 Å². The maximum absolute atomic E-state index is 9.10. The molecule has 0 fully saturated rings. The van der Waals surface area contributed by atoms with Gasteiger partial charge in [-0.1, -0.05) is 133 Å². The highest BCUT2D eigenvalue weighted by molar-refractivity contribution is 6.12. The van der Waals surface area contributed by atoms with Crippen LogP contribution in [0.5, 0.6) is 0 Å². The summed E-state index contributed by atoms with van der Waals surface area (Å²) in [5.41, 5.74) is 4.98. The summed E-state index contributed by atoms with van der Waals surface area (Å²) < 4.78 is 32.0. The average molecular weight is 579 g/mol. The first-order chi connectivity index (χ1) is 23.5. The van der Waals surface area contributed by atoms with Crippen molar-refractivity contribution >= 4 is 43.5 Å². The van der Waals surface area contributed by atoms with Gasteiger partial charge in [0.25, 0.3) is 0 Å². The lowest BCUT2D eigenvalue weighted by Gasteiger charge is -2.13. The van der Waals surface area contributed by atoms with Crippen LogP contribution in [0.3, 0.4) is 0 Å². The van der Waals surface area contributed by atoms with E-state index in [1.807, 2.05) is 54.6 Å². The van der Waals surface area contributed by atoms with Crippen molar-refractivity contribution in [2.24, 2.45) is 0 Å². The number of nitrogens with zero attached hydrogens (tertiary/aromatic N) is 3. The fourth-order valence-electron chi connectivity index (χ4n) is 6.19. The summed E-state index contributed by atoms with van der Waals surface area (Å²) in [6, 6.07) is 44.0. The quantitative estimate of drug-likeness (QED) is 0.195. The van der Waals surface area contributed by atoms with Gasteiger partial charge in [-0.15, -0.1) is 0 Å². The molecule has 0 aliphatic rings. The van der Waals surface area contributed by atoms with E-state index in [1.54, 1.807) is 18.2 Å². The van der Waals surface area contributed by atoms with Gasteiger partial charge in [0, 0.05) is 27.5 Å². The Bertz CT molecular complexity index is 2720. The van der Waals surface area contributed by atoms with E-state index in [0.29, 0.717) is 45.0 Å². The minimum atomic E-state index is 0.114. The minimum absolute atomic E-state index is 0.114. The Morgan fingerprint density at radius 1 is 0.444 bits per heavy atom. The molecule has 9 rings (SSSR count). The summed E-state index contributed by atoms with van der Waals surface area (Å²) in [6.07, 6.45) is 0. The first-order valence-corrected chi connectivity index (χ1v) is 14.8. The second-order valence-corrected chi connectivity index (χ2v) is 11.0. The molecule has 9 aromatic rings. The Morgan fingerprint density at radius 3 is 2.04 bits per heavy atom. The second kappa shape index (κ2) is 10.2. The Hall–Kier alpha value is -6.13. The van der Waals surface area contributed by atoms with Gasteiger partial charge in [-0.25, -0.2) is 15.0 Å². The number of para-hydroxylation sites is 1. The molecule has 210 valence electrons. The van der Waals surface area contributed by atoms with E-state index in [0.717, 1.165) is 43.8 Å². The van der Waals surface area contributed by atoms with Gasteiger partial charge < -0.3 is 4.42 Å². The maximum atomic E-state index is 9.10. The van der Waals surface area contributed by atoms with E-state index < -0.39 is 0 Å². The first-order valence-electron chi connectivity index (χ1n) is 16.3. The number of benzene rings is 7. The van der Waals surface area contributed by atoms with Crippen LogP contribution >= 0.6 is 0 Å². The van der Waals surface area contributed by atoms with Crippen molar-refractivity contribution in [1.82, 2.24) is 15.0 Å². The molecule has 4 nitrogen and oxygen atoms in total. The smallest absolute Gasteiger partial charge is 0.164 e. The largest absolute Gasteiger partial charge is 0.456 e. The third-order valence-electron chi connectivity index (χ3n) is 8.32. The molecule has 7 aromatic carbocycles. The molecule has 0 N–H and O–H groups in total. The van der Waals surface area contributed by atoms with E-state index in [9.17, 15) is 0 Å². The Morgan fingerprint density at radius 2 is 1.16 bits per heavy atom. The molecule has 0 aliphatic heterocycles. The molecule has 0 radical (unpaired) electrons. The van der Waals surface area contributed by atoms with Crippen molar-refractivity contribution in [1.29, 1.82) is 0 Å². The van der Waals surface area contributed by atoms with E-state index >= 15 is 0 Å². The van der Waals surface area contributed by atoms with Crippen LogP contribution in [0.4, 0.5) is 0 Å². The van der Waals surface area contributed by atoms with Gasteiger partial charge in [0.1, 0.15) is 11.2 Å². The van der Waals surface area contributed by atoms with E-state index in [1.165, 1.54) is 6.07 Å². The standard InChI is InChI=1S/C41H25N3O/c1-2-11-26(12-3-1)30-14-6-7-16-32(30)40-42-39(29-24-23-28-22-21-27-13-4-5-15-31(27)35(28)25-29)43-41(44-40)34-18-10-20-37-38(34)33-17-8-9-19-36(33)45-37/h1-25H/i8D,18D,19D. The Labute approximate surface area is 263 Å². The highest BCUT2D eigenvalue weighted by Crippen LogP contribution is 2.38. The highest BCUT2D eigenvalue weighted by Gasteiger charge is 2.19. The van der Waals surface area contributed by atoms with Crippen LogP contribution in [0.1, 0.15) is 4.11 Å². The van der Waals surface area contributed by atoms with Crippen LogP contribution in [0.2, 0.25) is 0 Å². The molecule has 0 spiro atoms. The van der Waals surface area contributed by atoms with Gasteiger partial charge in [0.05, 0.1) is 4.11 Å². The van der Waals surface area contributed by atoms with Gasteiger partial charge in [0.15, 0.2) is 17.5 Å². The molecule has 0 amide bonds. The normalized spacial score (nSPS) is 12.5. The monoisotopic (exact) mass is 578 g/mol. The lowest BCUT2D eigenvalue weighted by Crippen LogP contribution is -2.01. The molecule has 0 atom stereocenters. The van der Waals surface area contributed by atoms with E-state index in [-0.39, 0.29) is 18.1 Å². The zero-order valence-electron chi connectivity index (χ0n) is 27.0. The number of hydrogen-bond acceptors (Lipinski definition) is 4. The molecular weight excluding hydrogens is 550 g/mol. The SMILES string of the molecule is [2H]c1cc([2H])c2oc3ccc([2H])c(-c4nc(-c5ccc6ccc7ccccc7c6c5)nc(-c5ccccc5-c5ccccc5)n4)c3c2c1. The predicted molar refractivity (Wildman–Crippen MR) is 184 cm³/mol. The lowest BCUT2D eigenvalue weighted by atomic mass is 9.98. The molecular formula is C41H25N3O. The summed E-state index contributed by atoms with van der Waals surface area (Å²) in [5, 5.41) is 5.67. The van der Waals surface area contributed by atoms with Crippen LogP contribution in [-0.4, -0.2) is 15.0 Å². The van der Waals surface area contributed by atoms with Crippen molar-refractivity contribution in [3.63, 3.8) is 0 Å². The highest BCUT2D eigenvalue weighted by atomic mass is 16.3. The van der Waals surface area contributed by atoms with E-state index in [2.05, 4.69) is 54.6 Å². The van der Waals surface area contributed by atoms with Gasteiger partial charge >= 0.3 is 0 Å². The minimum Gasteiger partial charge on any atom is -0.456 e. The molecule has 0 saturated heterocycles. The van der Waals surface area contributed by atoms with Crippen molar-refractivity contribution in [3.8, 4) is 45.3 Å². The maximum Gasteiger partial charge on any atom is 0.164 e. The van der Waals surface area contributed by atoms with Crippen molar-refractivity contribution in [2.75, 3.05) is 0 Å². The van der Waals surface area contributed by atoms with Crippen LogP contribution in [-0.2, 0) is 0 Å². The Balaban J connectivity index is 1.36. The molecule has 0 saturated carbocycles. The molecule has 0 bridgehead atoms. The lowest BCUT2D eigenvalue weighted by molar-refractivity contribution is 0.669.